The van der Waals surface area contributed by atoms with E-state index in [4.69, 9.17) is 28.9 Å². The van der Waals surface area contributed by atoms with E-state index in [0.29, 0.717) is 4.68 Å². The number of hydrogen-bond acceptors (Lipinski definition) is 5. The van der Waals surface area contributed by atoms with E-state index >= 15 is 0 Å². The molecule has 0 aliphatic rings. The molecule has 0 saturated heterocycles. The Morgan fingerprint density at radius 2 is 1.87 bits per heavy atom. The van der Waals surface area contributed by atoms with Crippen LogP contribution in [0.1, 0.15) is 12.4 Å². The highest BCUT2D eigenvalue weighted by Gasteiger charge is 2.25. The van der Waals surface area contributed by atoms with Gasteiger partial charge in [0.15, 0.2) is 9.84 Å². The maximum Gasteiger partial charge on any atom is 0.355 e. The zero-order valence-electron chi connectivity index (χ0n) is 11.7. The first kappa shape index (κ1) is 17.7. The number of aryl methyl sites for hydroxylation is 1. The number of hydrogen-bond donors (Lipinski definition) is 1. The molecular formula is C11H10Cl2F2N4O3S. The van der Waals surface area contributed by atoms with Crippen molar-refractivity contribution in [3.63, 3.8) is 0 Å². The number of alkyl halides is 2. The molecule has 0 fully saturated rings. The van der Waals surface area contributed by atoms with Gasteiger partial charge in [-0.05, 0) is 13.0 Å². The molecule has 0 atom stereocenters. The number of sulfone groups is 1. The minimum Gasteiger partial charge on any atom is -0.396 e. The summed E-state index contributed by atoms with van der Waals surface area (Å²) in [5.41, 5.74) is 3.89. The molecule has 2 rings (SSSR count). The van der Waals surface area contributed by atoms with Crippen molar-refractivity contribution in [2.24, 2.45) is 0 Å². The summed E-state index contributed by atoms with van der Waals surface area (Å²) in [5.74, 6) is -0.282. The monoisotopic (exact) mass is 386 g/mol. The second-order valence-electron chi connectivity index (χ2n) is 4.60. The first-order valence-corrected chi connectivity index (χ1v) is 8.55. The summed E-state index contributed by atoms with van der Waals surface area (Å²) in [6.07, 6.45) is 0.872. The third-order valence-corrected chi connectivity index (χ3v) is 5.02. The molecule has 0 spiro atoms. The number of nitrogens with zero attached hydrogens (tertiary/aromatic N) is 3. The Bertz CT molecular complexity index is 953. The molecule has 0 radical (unpaired) electrons. The Kier molecular flexibility index (Phi) is 4.44. The maximum atomic E-state index is 12.9. The average molecular weight is 387 g/mol. The van der Waals surface area contributed by atoms with Crippen LogP contribution in [0.25, 0.3) is 5.69 Å². The molecule has 0 bridgehead atoms. The Balaban J connectivity index is 2.88. The summed E-state index contributed by atoms with van der Waals surface area (Å²) in [7, 11) is -3.80. The van der Waals surface area contributed by atoms with Crippen molar-refractivity contribution in [1.29, 1.82) is 0 Å². The molecule has 1 heterocycles. The van der Waals surface area contributed by atoms with E-state index in [1.807, 2.05) is 0 Å². The van der Waals surface area contributed by atoms with Gasteiger partial charge in [0.05, 0.1) is 26.3 Å². The fourth-order valence-electron chi connectivity index (χ4n) is 1.90. The topological polar surface area (TPSA) is 100.0 Å². The van der Waals surface area contributed by atoms with Gasteiger partial charge in [-0.1, -0.05) is 23.2 Å². The Labute approximate surface area is 139 Å². The first-order chi connectivity index (χ1) is 10.5. The molecule has 0 aliphatic heterocycles. The number of benzene rings is 1. The van der Waals surface area contributed by atoms with Crippen LogP contribution in [-0.4, -0.2) is 29.0 Å². The van der Waals surface area contributed by atoms with Crippen molar-refractivity contribution < 1.29 is 17.2 Å². The van der Waals surface area contributed by atoms with Gasteiger partial charge < -0.3 is 5.73 Å². The largest absolute Gasteiger partial charge is 0.396 e. The quantitative estimate of drug-likeness (QED) is 0.813. The van der Waals surface area contributed by atoms with Gasteiger partial charge in [-0.25, -0.2) is 17.8 Å². The molecule has 2 N–H and O–H groups in total. The number of nitrogen functional groups attached to an aromatic ring is 1. The van der Waals surface area contributed by atoms with E-state index in [2.05, 4.69) is 5.10 Å². The van der Waals surface area contributed by atoms with E-state index in [9.17, 15) is 22.0 Å². The molecule has 12 heteroatoms. The Hall–Kier alpha value is -1.65. The van der Waals surface area contributed by atoms with Crippen molar-refractivity contribution >= 4 is 38.7 Å². The Morgan fingerprint density at radius 3 is 2.30 bits per heavy atom. The molecule has 0 unspecified atom stereocenters. The van der Waals surface area contributed by atoms with Crippen LogP contribution in [0.4, 0.5) is 14.5 Å². The fourth-order valence-corrected chi connectivity index (χ4v) is 3.51. The van der Waals surface area contributed by atoms with Crippen molar-refractivity contribution in [2.45, 2.75) is 18.4 Å². The second kappa shape index (κ2) is 5.77. The summed E-state index contributed by atoms with van der Waals surface area (Å²) in [6.45, 7) is -1.93. The van der Waals surface area contributed by atoms with Crippen molar-refractivity contribution in [3.05, 3.63) is 32.4 Å². The number of anilines is 1. The van der Waals surface area contributed by atoms with Crippen LogP contribution in [0.5, 0.6) is 0 Å². The molecule has 0 aliphatic carbocycles. The summed E-state index contributed by atoms with van der Waals surface area (Å²) >= 11 is 11.8. The second-order valence-corrected chi connectivity index (χ2v) is 7.34. The minimum absolute atomic E-state index is 0.126. The zero-order chi connectivity index (χ0) is 17.7. The van der Waals surface area contributed by atoms with Gasteiger partial charge in [0.2, 0.25) is 0 Å². The van der Waals surface area contributed by atoms with Crippen LogP contribution in [0.3, 0.4) is 0 Å². The van der Waals surface area contributed by atoms with E-state index < -0.39 is 27.0 Å². The SMILES string of the molecule is Cc1nn(-c2cc(S(C)(=O)=O)c(Cl)c(N)c2Cl)c(=O)n1C(F)F. The van der Waals surface area contributed by atoms with Gasteiger partial charge in [0, 0.05) is 6.26 Å². The predicted octanol–water partition coefficient (Wildman–Crippen LogP) is 2.03. The molecule has 1 aromatic carbocycles. The fraction of sp³-hybridized carbons (Fsp3) is 0.273. The zero-order valence-corrected chi connectivity index (χ0v) is 14.0. The molecule has 2 aromatic rings. The molecule has 1 aromatic heterocycles. The molecule has 7 nitrogen and oxygen atoms in total. The highest BCUT2D eigenvalue weighted by atomic mass is 35.5. The summed E-state index contributed by atoms with van der Waals surface area (Å²) in [4.78, 5) is 11.6. The molecule has 0 saturated carbocycles. The van der Waals surface area contributed by atoms with Gasteiger partial charge in [-0.3, -0.25) is 0 Å². The highest BCUT2D eigenvalue weighted by molar-refractivity contribution is 7.90. The summed E-state index contributed by atoms with van der Waals surface area (Å²) in [6, 6.07) is 0.958. The maximum absolute atomic E-state index is 12.9. The van der Waals surface area contributed by atoms with Crippen LogP contribution < -0.4 is 11.4 Å². The summed E-state index contributed by atoms with van der Waals surface area (Å²) < 4.78 is 49.9. The van der Waals surface area contributed by atoms with Crippen LogP contribution in [0.2, 0.25) is 10.0 Å². The van der Waals surface area contributed by atoms with Crippen molar-refractivity contribution in [1.82, 2.24) is 14.3 Å². The standard InChI is InChI=1S/C11H10Cl2F2N4O3S/c1-4-17-19(11(20)18(4)10(14)15)5-3-6(23(2,21)22)8(13)9(16)7(5)12/h3,10H,16H2,1-2H3. The minimum atomic E-state index is -3.80. The van der Waals surface area contributed by atoms with Crippen LogP contribution in [0.15, 0.2) is 15.8 Å². The number of aromatic nitrogens is 3. The van der Waals surface area contributed by atoms with Gasteiger partial charge in [-0.2, -0.15) is 13.5 Å². The van der Waals surface area contributed by atoms with E-state index in [1.54, 1.807) is 0 Å². The average Bonchev–Trinajstić information content (AvgIpc) is 2.70. The Morgan fingerprint density at radius 1 is 1.30 bits per heavy atom. The molecule has 23 heavy (non-hydrogen) atoms. The lowest BCUT2D eigenvalue weighted by Crippen LogP contribution is -2.25. The van der Waals surface area contributed by atoms with Crippen molar-refractivity contribution in [2.75, 3.05) is 12.0 Å². The summed E-state index contributed by atoms with van der Waals surface area (Å²) in [5, 5.41) is 3.07. The number of rotatable bonds is 3. The van der Waals surface area contributed by atoms with Gasteiger partial charge in [0.1, 0.15) is 5.82 Å². The van der Waals surface area contributed by atoms with Gasteiger partial charge >= 0.3 is 12.2 Å². The smallest absolute Gasteiger partial charge is 0.355 e. The van der Waals surface area contributed by atoms with Crippen LogP contribution in [-0.2, 0) is 9.84 Å². The highest BCUT2D eigenvalue weighted by Crippen LogP contribution is 2.37. The van der Waals surface area contributed by atoms with Gasteiger partial charge in [0.25, 0.3) is 0 Å². The first-order valence-electron chi connectivity index (χ1n) is 5.91. The van der Waals surface area contributed by atoms with E-state index in [1.165, 1.54) is 6.92 Å². The molecular weight excluding hydrogens is 377 g/mol. The third kappa shape index (κ3) is 2.93. The van der Waals surface area contributed by atoms with Gasteiger partial charge in [-0.15, -0.1) is 5.10 Å². The predicted molar refractivity (Wildman–Crippen MR) is 81.4 cm³/mol. The van der Waals surface area contributed by atoms with Crippen LogP contribution >= 0.6 is 23.2 Å². The van der Waals surface area contributed by atoms with E-state index in [-0.39, 0.29) is 31.8 Å². The third-order valence-electron chi connectivity index (χ3n) is 2.99. The lowest BCUT2D eigenvalue weighted by Gasteiger charge is -2.11. The lowest BCUT2D eigenvalue weighted by molar-refractivity contribution is 0.0640. The normalized spacial score (nSPS) is 12.1. The number of nitrogens with two attached hydrogens (primary N) is 1. The van der Waals surface area contributed by atoms with E-state index in [0.717, 1.165) is 12.3 Å². The molecule has 0 amide bonds. The van der Waals surface area contributed by atoms with Crippen molar-refractivity contribution in [3.8, 4) is 5.69 Å². The number of halogens is 4. The lowest BCUT2D eigenvalue weighted by atomic mass is 10.3. The van der Waals surface area contributed by atoms with Crippen LogP contribution in [0, 0.1) is 6.92 Å². The molecule has 126 valence electrons.